The number of aryl methyl sites for hydroxylation is 1. The Labute approximate surface area is 129 Å². The maximum atomic E-state index is 3.88. The molecular formula is C17H18IN. The van der Waals surface area contributed by atoms with Crippen molar-refractivity contribution < 1.29 is 0 Å². The molecular weight excluding hydrogens is 345 g/mol. The highest BCUT2D eigenvalue weighted by Crippen LogP contribution is 2.27. The summed E-state index contributed by atoms with van der Waals surface area (Å²) in [6.45, 7) is 7.00. The Balaban J connectivity index is 2.25. The van der Waals surface area contributed by atoms with Crippen molar-refractivity contribution >= 4 is 34.6 Å². The predicted molar refractivity (Wildman–Crippen MR) is 92.6 cm³/mol. The average Bonchev–Trinajstić information content (AvgIpc) is 2.47. The van der Waals surface area contributed by atoms with E-state index in [2.05, 4.69) is 81.9 Å². The highest BCUT2D eigenvalue weighted by molar-refractivity contribution is 14.1. The van der Waals surface area contributed by atoms with Gasteiger partial charge in [0, 0.05) is 0 Å². The first kappa shape index (κ1) is 14.1. The van der Waals surface area contributed by atoms with Crippen molar-refractivity contribution in [3.05, 3.63) is 71.8 Å². The van der Waals surface area contributed by atoms with Crippen molar-refractivity contribution in [2.24, 2.45) is 0 Å². The molecule has 2 rings (SSSR count). The van der Waals surface area contributed by atoms with Crippen molar-refractivity contribution in [1.29, 1.82) is 0 Å². The van der Waals surface area contributed by atoms with Crippen molar-refractivity contribution in [2.45, 2.75) is 19.9 Å². The molecule has 0 radical (unpaired) electrons. The molecule has 19 heavy (non-hydrogen) atoms. The van der Waals surface area contributed by atoms with E-state index in [-0.39, 0.29) is 0 Å². The fourth-order valence-corrected chi connectivity index (χ4v) is 2.98. The molecule has 0 aliphatic carbocycles. The first-order chi connectivity index (χ1) is 9.26. The van der Waals surface area contributed by atoms with Gasteiger partial charge in [-0.2, -0.15) is 0 Å². The van der Waals surface area contributed by atoms with E-state index < -0.39 is 0 Å². The molecule has 0 heterocycles. The van der Waals surface area contributed by atoms with E-state index in [0.717, 1.165) is 13.0 Å². The summed E-state index contributed by atoms with van der Waals surface area (Å²) in [6, 6.07) is 17.0. The minimum absolute atomic E-state index is 0.912. The molecule has 0 aliphatic rings. The Morgan fingerprint density at radius 1 is 1.05 bits per heavy atom. The first-order valence-corrected chi connectivity index (χ1v) is 7.44. The van der Waals surface area contributed by atoms with Gasteiger partial charge in [0.15, 0.2) is 0 Å². The lowest BCUT2D eigenvalue weighted by Crippen LogP contribution is -2.11. The molecule has 0 unspecified atom stereocenters. The average molecular weight is 363 g/mol. The second-order valence-corrected chi connectivity index (χ2v) is 5.57. The highest BCUT2D eigenvalue weighted by Gasteiger charge is 2.09. The van der Waals surface area contributed by atoms with E-state index in [1.807, 2.05) is 12.1 Å². The molecule has 0 aromatic heterocycles. The summed E-state index contributed by atoms with van der Waals surface area (Å²) in [4.78, 5) is 0. The zero-order chi connectivity index (χ0) is 13.7. The van der Waals surface area contributed by atoms with Crippen molar-refractivity contribution in [1.82, 2.24) is 0 Å². The van der Waals surface area contributed by atoms with Crippen LogP contribution in [0, 0.1) is 0 Å². The summed E-state index contributed by atoms with van der Waals surface area (Å²) >= 11 is 2.38. The van der Waals surface area contributed by atoms with Gasteiger partial charge >= 0.3 is 0 Å². The number of hydrogen-bond donors (Lipinski definition) is 0. The maximum Gasteiger partial charge on any atom is 0.0594 e. The summed E-state index contributed by atoms with van der Waals surface area (Å²) in [7, 11) is 0. The Kier molecular flexibility index (Phi) is 5.02. The monoisotopic (exact) mass is 363 g/mol. The lowest BCUT2D eigenvalue weighted by Gasteiger charge is -2.20. The van der Waals surface area contributed by atoms with Crippen LogP contribution < -0.4 is 3.11 Å². The highest BCUT2D eigenvalue weighted by atomic mass is 127. The Morgan fingerprint density at radius 2 is 1.68 bits per heavy atom. The Morgan fingerprint density at radius 3 is 2.37 bits per heavy atom. The van der Waals surface area contributed by atoms with Gasteiger partial charge in [-0.15, -0.1) is 0 Å². The molecule has 0 N–H and O–H groups in total. The molecule has 2 aromatic carbocycles. The number of halogens is 1. The van der Waals surface area contributed by atoms with Gasteiger partial charge in [0.2, 0.25) is 0 Å². The first-order valence-electron chi connectivity index (χ1n) is 6.47. The topological polar surface area (TPSA) is 3.24 Å². The predicted octanol–water partition coefficient (Wildman–Crippen LogP) is 5.25. The van der Waals surface area contributed by atoms with Gasteiger partial charge < -0.3 is 3.11 Å². The van der Waals surface area contributed by atoms with Gasteiger partial charge in [-0.1, -0.05) is 62.0 Å². The van der Waals surface area contributed by atoms with Crippen LogP contribution in [0.25, 0.3) is 6.08 Å². The molecule has 0 aliphatic heterocycles. The number of hydrogen-bond acceptors (Lipinski definition) is 1. The van der Waals surface area contributed by atoms with Gasteiger partial charge in [-0.05, 0) is 29.2 Å². The Hall–Kier alpha value is -1.29. The minimum Gasteiger partial charge on any atom is -0.310 e. The van der Waals surface area contributed by atoms with Crippen molar-refractivity contribution in [2.75, 3.05) is 3.11 Å². The van der Waals surface area contributed by atoms with E-state index in [4.69, 9.17) is 0 Å². The van der Waals surface area contributed by atoms with E-state index in [9.17, 15) is 0 Å². The third-order valence-corrected chi connectivity index (χ3v) is 4.09. The second-order valence-electron chi connectivity index (χ2n) is 4.41. The molecule has 0 amide bonds. The van der Waals surface area contributed by atoms with Gasteiger partial charge in [-0.3, -0.25) is 0 Å². The van der Waals surface area contributed by atoms with Crippen molar-refractivity contribution in [3.63, 3.8) is 0 Å². The van der Waals surface area contributed by atoms with Gasteiger partial charge in [0.1, 0.15) is 0 Å². The quantitative estimate of drug-likeness (QED) is 0.518. The number of nitrogens with zero attached hydrogens (tertiary/aromatic N) is 1. The van der Waals surface area contributed by atoms with Gasteiger partial charge in [-0.25, -0.2) is 0 Å². The van der Waals surface area contributed by atoms with Crippen LogP contribution in [-0.4, -0.2) is 0 Å². The molecule has 0 fully saturated rings. The zero-order valence-electron chi connectivity index (χ0n) is 11.1. The fraction of sp³-hybridized carbons (Fsp3) is 0.176. The standard InChI is InChI=1S/C17H18IN/c1-3-14-9-5-6-11-16(14)13-19(18)17-12-8-7-10-15(17)4-2/h4-12H,2-3,13H2,1H3. The lowest BCUT2D eigenvalue weighted by atomic mass is 10.1. The normalized spacial score (nSPS) is 10.2. The molecule has 1 nitrogen and oxygen atoms in total. The number of benzene rings is 2. The maximum absolute atomic E-state index is 3.88. The number of anilines is 1. The van der Waals surface area contributed by atoms with Crippen LogP contribution in [0.4, 0.5) is 5.69 Å². The molecule has 2 heteroatoms. The minimum atomic E-state index is 0.912. The van der Waals surface area contributed by atoms with Crippen LogP contribution in [0.1, 0.15) is 23.6 Å². The van der Waals surface area contributed by atoms with Gasteiger partial charge in [0.25, 0.3) is 0 Å². The van der Waals surface area contributed by atoms with E-state index >= 15 is 0 Å². The number of rotatable bonds is 5. The van der Waals surface area contributed by atoms with E-state index in [1.54, 1.807) is 0 Å². The summed E-state index contributed by atoms with van der Waals surface area (Å²) < 4.78 is 2.25. The van der Waals surface area contributed by atoms with Crippen LogP contribution in [0.3, 0.4) is 0 Å². The molecule has 2 aromatic rings. The smallest absolute Gasteiger partial charge is 0.0594 e. The van der Waals surface area contributed by atoms with Crippen molar-refractivity contribution in [3.8, 4) is 0 Å². The summed E-state index contributed by atoms with van der Waals surface area (Å²) in [6.07, 6.45) is 2.98. The molecule has 0 atom stereocenters. The third kappa shape index (κ3) is 3.38. The lowest BCUT2D eigenvalue weighted by molar-refractivity contribution is 1.01. The fourth-order valence-electron chi connectivity index (χ4n) is 2.17. The largest absolute Gasteiger partial charge is 0.310 e. The molecule has 98 valence electrons. The van der Waals surface area contributed by atoms with E-state index in [1.165, 1.54) is 22.4 Å². The zero-order valence-corrected chi connectivity index (χ0v) is 13.3. The number of para-hydroxylation sites is 1. The van der Waals surface area contributed by atoms with Crippen LogP contribution >= 0.6 is 22.9 Å². The SMILES string of the molecule is C=Cc1ccccc1N(I)Cc1ccccc1CC. The van der Waals surface area contributed by atoms with Crippen LogP contribution in [0.5, 0.6) is 0 Å². The molecule has 0 spiro atoms. The summed E-state index contributed by atoms with van der Waals surface area (Å²) in [5, 5.41) is 0. The Bertz CT molecular complexity index is 563. The second kappa shape index (κ2) is 6.75. The molecule has 0 bridgehead atoms. The van der Waals surface area contributed by atoms with Crippen LogP contribution in [0.2, 0.25) is 0 Å². The molecule has 0 saturated heterocycles. The molecule has 0 saturated carbocycles. The van der Waals surface area contributed by atoms with E-state index in [0.29, 0.717) is 0 Å². The summed E-state index contributed by atoms with van der Waals surface area (Å²) in [5.74, 6) is 0. The van der Waals surface area contributed by atoms with Crippen LogP contribution in [-0.2, 0) is 13.0 Å². The summed E-state index contributed by atoms with van der Waals surface area (Å²) in [5.41, 5.74) is 5.19. The van der Waals surface area contributed by atoms with Gasteiger partial charge in [0.05, 0.1) is 35.1 Å². The third-order valence-electron chi connectivity index (χ3n) is 3.23. The van der Waals surface area contributed by atoms with Crippen LogP contribution in [0.15, 0.2) is 55.1 Å².